The predicted octanol–water partition coefficient (Wildman–Crippen LogP) is 4.44. The van der Waals surface area contributed by atoms with Gasteiger partial charge in [0.2, 0.25) is 5.91 Å². The SMILES string of the molecule is CCOC(=O)C1CCc2sc(NC(=O)CN(C)c3nc4c(C(F)(F)F)cccc4s3)nc21. The van der Waals surface area contributed by atoms with Crippen LogP contribution in [0.15, 0.2) is 18.2 Å². The number of benzene rings is 1. The highest BCUT2D eigenvalue weighted by Gasteiger charge is 2.35. The van der Waals surface area contributed by atoms with Crippen LogP contribution in [-0.4, -0.2) is 42.0 Å². The zero-order valence-corrected chi connectivity index (χ0v) is 18.8. The standard InChI is InChI=1S/C20H19F3N4O3S2/c1-3-30-17(29)10-7-8-13-15(10)25-18(31-13)24-14(28)9-27(2)19-26-16-11(20(21,22)23)5-4-6-12(16)32-19/h4-6,10H,3,7-9H2,1-2H3,(H,24,25,28). The average Bonchev–Trinajstić information content (AvgIpc) is 3.40. The lowest BCUT2D eigenvalue weighted by Gasteiger charge is -2.14. The highest BCUT2D eigenvalue weighted by atomic mass is 32.1. The number of halogens is 3. The minimum absolute atomic E-state index is 0.118. The third-order valence-corrected chi connectivity index (χ3v) is 7.14. The van der Waals surface area contributed by atoms with Crippen molar-refractivity contribution in [3.63, 3.8) is 0 Å². The summed E-state index contributed by atoms with van der Waals surface area (Å²) in [6, 6.07) is 3.89. The number of thiazole rings is 2. The van der Waals surface area contributed by atoms with E-state index in [4.69, 9.17) is 4.74 Å². The molecule has 1 aliphatic rings. The number of rotatable bonds is 6. The molecule has 4 rings (SSSR count). The quantitative estimate of drug-likeness (QED) is 0.521. The topological polar surface area (TPSA) is 84.4 Å². The molecule has 0 radical (unpaired) electrons. The first-order chi connectivity index (χ1) is 15.2. The molecule has 0 aliphatic heterocycles. The molecule has 1 aromatic carbocycles. The van der Waals surface area contributed by atoms with Crippen molar-refractivity contribution in [3.8, 4) is 0 Å². The van der Waals surface area contributed by atoms with Gasteiger partial charge in [0.25, 0.3) is 0 Å². The van der Waals surface area contributed by atoms with Crippen molar-refractivity contribution < 1.29 is 27.5 Å². The molecule has 0 bridgehead atoms. The van der Waals surface area contributed by atoms with Crippen LogP contribution < -0.4 is 10.2 Å². The van der Waals surface area contributed by atoms with E-state index >= 15 is 0 Å². The summed E-state index contributed by atoms with van der Waals surface area (Å²) in [5.41, 5.74) is -0.291. The second-order valence-electron chi connectivity index (χ2n) is 7.22. The van der Waals surface area contributed by atoms with Crippen LogP contribution in [0.25, 0.3) is 10.2 Å². The van der Waals surface area contributed by atoms with Crippen molar-refractivity contribution in [2.75, 3.05) is 30.4 Å². The first kappa shape index (κ1) is 22.5. The van der Waals surface area contributed by atoms with Crippen LogP contribution in [0, 0.1) is 0 Å². The monoisotopic (exact) mass is 484 g/mol. The van der Waals surface area contributed by atoms with Gasteiger partial charge in [-0.3, -0.25) is 9.59 Å². The van der Waals surface area contributed by atoms with Crippen LogP contribution in [0.4, 0.5) is 23.4 Å². The van der Waals surface area contributed by atoms with Crippen molar-refractivity contribution in [2.24, 2.45) is 0 Å². The lowest BCUT2D eigenvalue weighted by Crippen LogP contribution is -2.30. The molecule has 0 saturated heterocycles. The number of fused-ring (bicyclic) bond motifs is 2. The summed E-state index contributed by atoms with van der Waals surface area (Å²) >= 11 is 2.40. The van der Waals surface area contributed by atoms with Gasteiger partial charge in [0, 0.05) is 11.9 Å². The number of nitrogens with one attached hydrogen (secondary N) is 1. The number of anilines is 2. The molecule has 1 amide bonds. The Labute approximate surface area is 189 Å². The predicted molar refractivity (Wildman–Crippen MR) is 116 cm³/mol. The van der Waals surface area contributed by atoms with E-state index in [1.807, 2.05) is 0 Å². The number of alkyl halides is 3. The maximum absolute atomic E-state index is 13.2. The molecule has 0 fully saturated rings. The fraction of sp³-hybridized carbons (Fsp3) is 0.400. The van der Waals surface area contributed by atoms with Gasteiger partial charge in [-0.05, 0) is 31.9 Å². The summed E-state index contributed by atoms with van der Waals surface area (Å²) in [5, 5.41) is 3.39. The van der Waals surface area contributed by atoms with Crippen LogP contribution in [0.2, 0.25) is 0 Å². The summed E-state index contributed by atoms with van der Waals surface area (Å²) in [5.74, 6) is -1.12. The van der Waals surface area contributed by atoms with Gasteiger partial charge in [-0.15, -0.1) is 11.3 Å². The Kier molecular flexibility index (Phi) is 6.08. The number of nitrogens with zero attached hydrogens (tertiary/aromatic N) is 3. The van der Waals surface area contributed by atoms with Crippen LogP contribution in [0.3, 0.4) is 0 Å². The Morgan fingerprint density at radius 3 is 2.78 bits per heavy atom. The summed E-state index contributed by atoms with van der Waals surface area (Å²) in [6.45, 7) is 1.92. The number of aryl methyl sites for hydroxylation is 1. The molecular formula is C20H19F3N4O3S2. The molecule has 1 unspecified atom stereocenters. The molecule has 3 aromatic rings. The number of aromatic nitrogens is 2. The number of carbonyl (C=O) groups excluding carboxylic acids is 2. The number of esters is 1. The second-order valence-corrected chi connectivity index (χ2v) is 9.31. The van der Waals surface area contributed by atoms with Crippen LogP contribution in [-0.2, 0) is 26.9 Å². The van der Waals surface area contributed by atoms with Crippen LogP contribution in [0.5, 0.6) is 0 Å². The Bertz CT molecular complexity index is 1170. The van der Waals surface area contributed by atoms with E-state index in [1.165, 1.54) is 22.3 Å². The maximum atomic E-state index is 13.2. The van der Waals surface area contributed by atoms with Gasteiger partial charge < -0.3 is 15.0 Å². The van der Waals surface area contributed by atoms with Crippen molar-refractivity contribution in [2.45, 2.75) is 31.9 Å². The lowest BCUT2D eigenvalue weighted by atomic mass is 10.1. The van der Waals surface area contributed by atoms with Crippen LogP contribution >= 0.6 is 22.7 Å². The summed E-state index contributed by atoms with van der Waals surface area (Å²) in [6.07, 6.45) is -3.17. The minimum Gasteiger partial charge on any atom is -0.465 e. The van der Waals surface area contributed by atoms with Crippen molar-refractivity contribution in [1.82, 2.24) is 9.97 Å². The molecule has 170 valence electrons. The fourth-order valence-electron chi connectivity index (χ4n) is 3.52. The normalized spacial score (nSPS) is 15.6. The number of para-hydroxylation sites is 1. The molecule has 0 spiro atoms. The molecule has 12 heteroatoms. The maximum Gasteiger partial charge on any atom is 0.418 e. The molecule has 0 saturated carbocycles. The molecule has 7 nitrogen and oxygen atoms in total. The van der Waals surface area contributed by atoms with Gasteiger partial charge >= 0.3 is 12.1 Å². The third-order valence-electron chi connectivity index (χ3n) is 4.96. The molecule has 2 heterocycles. The Morgan fingerprint density at radius 1 is 1.28 bits per heavy atom. The second kappa shape index (κ2) is 8.66. The van der Waals surface area contributed by atoms with Crippen LogP contribution in [0.1, 0.15) is 35.4 Å². The van der Waals surface area contributed by atoms with Gasteiger partial charge in [0.05, 0.1) is 34.6 Å². The minimum atomic E-state index is -4.51. The lowest BCUT2D eigenvalue weighted by molar-refractivity contribution is -0.145. The summed E-state index contributed by atoms with van der Waals surface area (Å²) in [4.78, 5) is 35.5. The molecule has 1 atom stereocenters. The molecule has 1 N–H and O–H groups in total. The van der Waals surface area contributed by atoms with Gasteiger partial charge in [-0.25, -0.2) is 9.97 Å². The summed E-state index contributed by atoms with van der Waals surface area (Å²) in [7, 11) is 1.59. The number of likely N-dealkylation sites (N-methyl/N-ethyl adjacent to an activating group) is 1. The smallest absolute Gasteiger partial charge is 0.418 e. The zero-order chi connectivity index (χ0) is 23.0. The van der Waals surface area contributed by atoms with E-state index in [1.54, 1.807) is 20.0 Å². The van der Waals surface area contributed by atoms with E-state index in [-0.39, 0.29) is 23.9 Å². The number of hydrogen-bond donors (Lipinski definition) is 1. The Morgan fingerprint density at radius 2 is 2.06 bits per heavy atom. The molecule has 2 aromatic heterocycles. The molecule has 32 heavy (non-hydrogen) atoms. The largest absolute Gasteiger partial charge is 0.465 e. The number of carbonyl (C=O) groups is 2. The first-order valence-corrected chi connectivity index (χ1v) is 11.4. The first-order valence-electron chi connectivity index (χ1n) is 9.81. The molecular weight excluding hydrogens is 465 g/mol. The van der Waals surface area contributed by atoms with Crippen molar-refractivity contribution in [1.29, 1.82) is 0 Å². The van der Waals surface area contributed by atoms with Gasteiger partial charge in [-0.2, -0.15) is 13.2 Å². The van der Waals surface area contributed by atoms with E-state index in [9.17, 15) is 22.8 Å². The number of ether oxygens (including phenoxy) is 1. The highest BCUT2D eigenvalue weighted by molar-refractivity contribution is 7.22. The van der Waals surface area contributed by atoms with E-state index in [2.05, 4.69) is 15.3 Å². The average molecular weight is 485 g/mol. The van der Waals surface area contributed by atoms with Crippen molar-refractivity contribution >= 4 is 55.0 Å². The number of hydrogen-bond acceptors (Lipinski definition) is 8. The Balaban J connectivity index is 1.44. The highest BCUT2D eigenvalue weighted by Crippen LogP contribution is 2.40. The third kappa shape index (κ3) is 4.42. The van der Waals surface area contributed by atoms with Gasteiger partial charge in [0.1, 0.15) is 5.92 Å². The van der Waals surface area contributed by atoms with Gasteiger partial charge in [0.15, 0.2) is 10.3 Å². The summed E-state index contributed by atoms with van der Waals surface area (Å²) < 4.78 is 45.1. The van der Waals surface area contributed by atoms with E-state index < -0.39 is 17.7 Å². The van der Waals surface area contributed by atoms with E-state index in [0.717, 1.165) is 22.3 Å². The molecule has 1 aliphatic carbocycles. The van der Waals surface area contributed by atoms with Gasteiger partial charge in [-0.1, -0.05) is 17.4 Å². The van der Waals surface area contributed by atoms with Crippen molar-refractivity contribution in [3.05, 3.63) is 34.3 Å². The number of amides is 1. The van der Waals surface area contributed by atoms with E-state index in [0.29, 0.717) is 40.1 Å². The zero-order valence-electron chi connectivity index (χ0n) is 17.2. The fourth-order valence-corrected chi connectivity index (χ4v) is 5.53. The Hall–Kier alpha value is -2.73.